The van der Waals surface area contributed by atoms with E-state index in [9.17, 15) is 5.11 Å². The number of aliphatic hydroxyl groups is 1. The molecule has 1 saturated carbocycles. The maximum Gasteiger partial charge on any atom is 0.0782 e. The van der Waals surface area contributed by atoms with Gasteiger partial charge in [-0.05, 0) is 43.7 Å². The molecule has 2 nitrogen and oxygen atoms in total. The highest BCUT2D eigenvalue weighted by Gasteiger charge is 2.32. The van der Waals surface area contributed by atoms with Gasteiger partial charge in [0, 0.05) is 28.8 Å². The van der Waals surface area contributed by atoms with Crippen molar-refractivity contribution in [2.45, 2.75) is 45.1 Å². The molecule has 1 aliphatic heterocycles. The molecule has 1 aromatic rings. The Labute approximate surface area is 130 Å². The Kier molecular flexibility index (Phi) is 4.37. The number of halogens is 1. The number of piperidine rings is 1. The summed E-state index contributed by atoms with van der Waals surface area (Å²) < 4.78 is 1.10. The standard InChI is InChI=1S/C17H24BrNO/c1-12(20)16-7-6-15(18)10-17(16)19-9-8-13-4-2-3-5-14(13)11-19/h6-7,10,12-14,20H,2-5,8-9,11H2,1H3. The van der Waals surface area contributed by atoms with Gasteiger partial charge in [-0.25, -0.2) is 0 Å². The highest BCUT2D eigenvalue weighted by molar-refractivity contribution is 9.10. The van der Waals surface area contributed by atoms with E-state index < -0.39 is 6.10 Å². The Morgan fingerprint density at radius 3 is 2.70 bits per heavy atom. The van der Waals surface area contributed by atoms with Gasteiger partial charge in [-0.15, -0.1) is 0 Å². The summed E-state index contributed by atoms with van der Waals surface area (Å²) in [5.74, 6) is 1.81. The van der Waals surface area contributed by atoms with Crippen molar-refractivity contribution in [3.05, 3.63) is 28.2 Å². The van der Waals surface area contributed by atoms with Crippen molar-refractivity contribution in [3.63, 3.8) is 0 Å². The normalized spacial score (nSPS) is 28.1. The molecule has 1 N–H and O–H groups in total. The SMILES string of the molecule is CC(O)c1ccc(Br)cc1N1CCC2CCCCC2C1. The van der Waals surface area contributed by atoms with E-state index in [0.29, 0.717) is 0 Å². The van der Waals surface area contributed by atoms with Crippen molar-refractivity contribution < 1.29 is 5.11 Å². The smallest absolute Gasteiger partial charge is 0.0782 e. The van der Waals surface area contributed by atoms with Crippen LogP contribution in [0.2, 0.25) is 0 Å². The number of hydrogen-bond donors (Lipinski definition) is 1. The Balaban J connectivity index is 1.84. The fourth-order valence-electron chi connectivity index (χ4n) is 3.96. The number of hydrogen-bond acceptors (Lipinski definition) is 2. The number of benzene rings is 1. The third-order valence-corrected chi connectivity index (χ3v) is 5.57. The summed E-state index contributed by atoms with van der Waals surface area (Å²) in [6.45, 7) is 4.16. The zero-order chi connectivity index (χ0) is 14.1. The second-order valence-corrected chi connectivity index (χ2v) is 7.33. The molecule has 0 spiro atoms. The summed E-state index contributed by atoms with van der Waals surface area (Å²) in [6.07, 6.45) is 6.56. The van der Waals surface area contributed by atoms with Crippen LogP contribution in [0.15, 0.2) is 22.7 Å². The van der Waals surface area contributed by atoms with E-state index in [4.69, 9.17) is 0 Å². The molecule has 0 radical (unpaired) electrons. The number of aliphatic hydroxyl groups excluding tert-OH is 1. The van der Waals surface area contributed by atoms with Crippen LogP contribution in [0.3, 0.4) is 0 Å². The zero-order valence-corrected chi connectivity index (χ0v) is 13.8. The van der Waals surface area contributed by atoms with E-state index in [-0.39, 0.29) is 0 Å². The molecule has 0 bridgehead atoms. The molecule has 20 heavy (non-hydrogen) atoms. The Morgan fingerprint density at radius 1 is 1.20 bits per heavy atom. The number of rotatable bonds is 2. The van der Waals surface area contributed by atoms with Crippen molar-refractivity contribution >= 4 is 21.6 Å². The van der Waals surface area contributed by atoms with Crippen LogP contribution in [-0.2, 0) is 0 Å². The van der Waals surface area contributed by atoms with Crippen LogP contribution in [0, 0.1) is 11.8 Å². The maximum absolute atomic E-state index is 10.0. The van der Waals surface area contributed by atoms with E-state index in [1.54, 1.807) is 0 Å². The van der Waals surface area contributed by atoms with Crippen LogP contribution < -0.4 is 4.90 Å². The van der Waals surface area contributed by atoms with Crippen LogP contribution in [0.25, 0.3) is 0 Å². The van der Waals surface area contributed by atoms with Gasteiger partial charge in [0.2, 0.25) is 0 Å². The first-order valence-corrected chi connectivity index (χ1v) is 8.67. The lowest BCUT2D eigenvalue weighted by atomic mass is 9.75. The van der Waals surface area contributed by atoms with Crippen molar-refractivity contribution in [1.82, 2.24) is 0 Å². The van der Waals surface area contributed by atoms with E-state index in [1.165, 1.54) is 44.3 Å². The molecule has 3 heteroatoms. The molecule has 110 valence electrons. The van der Waals surface area contributed by atoms with Gasteiger partial charge >= 0.3 is 0 Å². The lowest BCUT2D eigenvalue weighted by Crippen LogP contribution is -2.42. The van der Waals surface area contributed by atoms with E-state index in [1.807, 2.05) is 13.0 Å². The average molecular weight is 338 g/mol. The topological polar surface area (TPSA) is 23.5 Å². The third-order valence-electron chi connectivity index (χ3n) is 5.07. The predicted octanol–water partition coefficient (Wildman–Crippen LogP) is 4.52. The Hall–Kier alpha value is -0.540. The molecule has 3 rings (SSSR count). The predicted molar refractivity (Wildman–Crippen MR) is 87.1 cm³/mol. The van der Waals surface area contributed by atoms with Gasteiger partial charge in [0.05, 0.1) is 6.10 Å². The lowest BCUT2D eigenvalue weighted by molar-refractivity contribution is 0.193. The first-order valence-electron chi connectivity index (χ1n) is 7.87. The third kappa shape index (κ3) is 2.89. The largest absolute Gasteiger partial charge is 0.389 e. The molecule has 1 saturated heterocycles. The molecule has 2 aliphatic rings. The van der Waals surface area contributed by atoms with Crippen LogP contribution in [0.5, 0.6) is 0 Å². The molecule has 1 aliphatic carbocycles. The molecular weight excluding hydrogens is 314 g/mol. The van der Waals surface area contributed by atoms with E-state index >= 15 is 0 Å². The molecule has 0 amide bonds. The van der Waals surface area contributed by atoms with Crippen molar-refractivity contribution in [2.75, 3.05) is 18.0 Å². The van der Waals surface area contributed by atoms with Crippen LogP contribution in [0.4, 0.5) is 5.69 Å². The fourth-order valence-corrected chi connectivity index (χ4v) is 4.31. The minimum atomic E-state index is -0.401. The highest BCUT2D eigenvalue weighted by Crippen LogP contribution is 2.39. The van der Waals surface area contributed by atoms with Crippen LogP contribution in [0.1, 0.15) is 50.7 Å². The molecule has 1 aromatic carbocycles. The second kappa shape index (κ2) is 6.07. The lowest BCUT2D eigenvalue weighted by Gasteiger charge is -2.43. The van der Waals surface area contributed by atoms with Crippen LogP contribution in [-0.4, -0.2) is 18.2 Å². The monoisotopic (exact) mass is 337 g/mol. The van der Waals surface area contributed by atoms with Crippen molar-refractivity contribution in [1.29, 1.82) is 0 Å². The summed E-state index contributed by atoms with van der Waals surface area (Å²) in [5.41, 5.74) is 2.28. The minimum absolute atomic E-state index is 0.401. The first-order chi connectivity index (χ1) is 9.65. The number of fused-ring (bicyclic) bond motifs is 1. The first kappa shape index (κ1) is 14.4. The average Bonchev–Trinajstić information content (AvgIpc) is 2.46. The molecule has 3 unspecified atom stereocenters. The summed E-state index contributed by atoms with van der Waals surface area (Å²) in [5, 5.41) is 10.0. The summed E-state index contributed by atoms with van der Waals surface area (Å²) in [4.78, 5) is 2.50. The van der Waals surface area contributed by atoms with Gasteiger partial charge in [-0.1, -0.05) is 41.3 Å². The van der Waals surface area contributed by atoms with Gasteiger partial charge in [0.25, 0.3) is 0 Å². The summed E-state index contributed by atoms with van der Waals surface area (Å²) in [6, 6.07) is 6.25. The Bertz CT molecular complexity index is 474. The van der Waals surface area contributed by atoms with Gasteiger partial charge in [-0.3, -0.25) is 0 Å². The minimum Gasteiger partial charge on any atom is -0.389 e. The molecule has 0 aromatic heterocycles. The van der Waals surface area contributed by atoms with E-state index in [2.05, 4.69) is 33.0 Å². The molecule has 1 heterocycles. The summed E-state index contributed by atoms with van der Waals surface area (Å²) in [7, 11) is 0. The molecular formula is C17H24BrNO. The van der Waals surface area contributed by atoms with Crippen molar-refractivity contribution in [2.24, 2.45) is 11.8 Å². The number of anilines is 1. The van der Waals surface area contributed by atoms with Crippen LogP contribution >= 0.6 is 15.9 Å². The fraction of sp³-hybridized carbons (Fsp3) is 0.647. The zero-order valence-electron chi connectivity index (χ0n) is 12.2. The quantitative estimate of drug-likeness (QED) is 0.857. The summed E-state index contributed by atoms with van der Waals surface area (Å²) >= 11 is 3.57. The highest BCUT2D eigenvalue weighted by atomic mass is 79.9. The van der Waals surface area contributed by atoms with Gasteiger partial charge in [0.15, 0.2) is 0 Å². The molecule has 2 fully saturated rings. The van der Waals surface area contributed by atoms with Gasteiger partial charge in [-0.2, -0.15) is 0 Å². The van der Waals surface area contributed by atoms with Gasteiger partial charge in [0.1, 0.15) is 0 Å². The van der Waals surface area contributed by atoms with E-state index in [0.717, 1.165) is 28.4 Å². The van der Waals surface area contributed by atoms with Gasteiger partial charge < -0.3 is 10.0 Å². The number of nitrogens with zero attached hydrogens (tertiary/aromatic N) is 1. The second-order valence-electron chi connectivity index (χ2n) is 6.42. The Morgan fingerprint density at radius 2 is 1.95 bits per heavy atom. The molecule has 3 atom stereocenters. The van der Waals surface area contributed by atoms with Crippen molar-refractivity contribution in [3.8, 4) is 0 Å². The maximum atomic E-state index is 10.0.